The van der Waals surface area contributed by atoms with E-state index in [0.29, 0.717) is 6.42 Å². The van der Waals surface area contributed by atoms with Crippen molar-refractivity contribution in [1.29, 1.82) is 0 Å². The first-order valence-corrected chi connectivity index (χ1v) is 4.60. The molecule has 70 valence electrons. The normalized spacial score (nSPS) is 10.0. The highest BCUT2D eigenvalue weighted by atomic mass is 16.1. The third-order valence-electron chi connectivity index (χ3n) is 1.91. The molecule has 0 aromatic carbocycles. The molecule has 0 aliphatic carbocycles. The fraction of sp³-hybridized carbons (Fsp3) is 0.455. The summed E-state index contributed by atoms with van der Waals surface area (Å²) in [6.45, 7) is 3.61. The molecule has 0 unspecified atom stereocenters. The van der Waals surface area contributed by atoms with Crippen molar-refractivity contribution in [2.24, 2.45) is 0 Å². The van der Waals surface area contributed by atoms with Gasteiger partial charge in [0.15, 0.2) is 0 Å². The van der Waals surface area contributed by atoms with E-state index in [1.165, 1.54) is 0 Å². The fourth-order valence-electron chi connectivity index (χ4n) is 1.26. The summed E-state index contributed by atoms with van der Waals surface area (Å²) in [4.78, 5) is 15.0. The van der Waals surface area contributed by atoms with Crippen LogP contribution in [0.4, 0.5) is 0 Å². The predicted octanol–water partition coefficient (Wildman–Crippen LogP) is 2.30. The number of hydrogen-bond acceptors (Lipinski definition) is 2. The maximum Gasteiger partial charge on any atom is 0.129 e. The largest absolute Gasteiger partial charge is 0.300 e. The minimum absolute atomic E-state index is 0.257. The quantitative estimate of drug-likeness (QED) is 0.706. The van der Waals surface area contributed by atoms with Gasteiger partial charge in [0.2, 0.25) is 0 Å². The van der Waals surface area contributed by atoms with Crippen molar-refractivity contribution in [3.8, 4) is 0 Å². The first-order valence-electron chi connectivity index (χ1n) is 4.60. The van der Waals surface area contributed by atoms with Gasteiger partial charge in [-0.15, -0.1) is 0 Å². The first kappa shape index (κ1) is 9.90. The van der Waals surface area contributed by atoms with Crippen molar-refractivity contribution in [3.05, 3.63) is 29.6 Å². The smallest absolute Gasteiger partial charge is 0.129 e. The van der Waals surface area contributed by atoms with Crippen LogP contribution < -0.4 is 0 Å². The third kappa shape index (κ3) is 3.83. The standard InChI is InChI=1S/C11H15NO/c1-9-5-3-7-11(12-9)8-4-6-10(2)13/h3,5,7H,4,6,8H2,1-2H3. The summed E-state index contributed by atoms with van der Waals surface area (Å²) >= 11 is 0. The van der Waals surface area contributed by atoms with Gasteiger partial charge in [-0.3, -0.25) is 4.98 Å². The number of nitrogens with zero attached hydrogens (tertiary/aromatic N) is 1. The maximum atomic E-state index is 10.7. The Kier molecular flexibility index (Phi) is 3.62. The van der Waals surface area contributed by atoms with Crippen LogP contribution in [0.15, 0.2) is 18.2 Å². The molecular formula is C11H15NO. The summed E-state index contributed by atoms with van der Waals surface area (Å²) in [7, 11) is 0. The molecule has 0 fully saturated rings. The molecule has 0 N–H and O–H groups in total. The number of carbonyl (C=O) groups excluding carboxylic acids is 1. The molecular weight excluding hydrogens is 162 g/mol. The highest BCUT2D eigenvalue weighted by Crippen LogP contribution is 2.03. The summed E-state index contributed by atoms with van der Waals surface area (Å²) in [5.41, 5.74) is 2.13. The minimum atomic E-state index is 0.257. The van der Waals surface area contributed by atoms with Crippen LogP contribution >= 0.6 is 0 Å². The molecule has 2 nitrogen and oxygen atoms in total. The Bertz CT molecular complexity index is 294. The SMILES string of the molecule is CC(=O)CCCc1cccc(C)n1. The molecule has 0 amide bonds. The van der Waals surface area contributed by atoms with Crippen molar-refractivity contribution in [1.82, 2.24) is 4.98 Å². The van der Waals surface area contributed by atoms with Gasteiger partial charge in [-0.25, -0.2) is 0 Å². The molecule has 0 spiro atoms. The Morgan fingerprint density at radius 3 is 2.85 bits per heavy atom. The number of hydrogen-bond donors (Lipinski definition) is 0. The Morgan fingerprint density at radius 2 is 2.23 bits per heavy atom. The van der Waals surface area contributed by atoms with Crippen molar-refractivity contribution >= 4 is 5.78 Å². The average molecular weight is 177 g/mol. The molecule has 1 aromatic rings. The molecule has 0 atom stereocenters. The summed E-state index contributed by atoms with van der Waals surface area (Å²) < 4.78 is 0. The highest BCUT2D eigenvalue weighted by molar-refractivity contribution is 5.75. The Hall–Kier alpha value is -1.18. The van der Waals surface area contributed by atoms with Gasteiger partial charge >= 0.3 is 0 Å². The zero-order chi connectivity index (χ0) is 9.68. The second kappa shape index (κ2) is 4.75. The van der Waals surface area contributed by atoms with E-state index in [1.807, 2.05) is 25.1 Å². The summed E-state index contributed by atoms with van der Waals surface area (Å²) in [5, 5.41) is 0. The van der Waals surface area contributed by atoms with Gasteiger partial charge < -0.3 is 4.79 Å². The van der Waals surface area contributed by atoms with Crippen LogP contribution in [0, 0.1) is 6.92 Å². The van der Waals surface area contributed by atoms with Gasteiger partial charge in [-0.1, -0.05) is 6.07 Å². The molecule has 0 radical (unpaired) electrons. The van der Waals surface area contributed by atoms with Crippen LogP contribution in [0.2, 0.25) is 0 Å². The minimum Gasteiger partial charge on any atom is -0.300 e. The number of aromatic nitrogens is 1. The van der Waals surface area contributed by atoms with E-state index in [-0.39, 0.29) is 5.78 Å². The molecule has 1 heterocycles. The fourth-order valence-corrected chi connectivity index (χ4v) is 1.26. The lowest BCUT2D eigenvalue weighted by Gasteiger charge is -1.99. The van der Waals surface area contributed by atoms with Crippen LogP contribution in [0.25, 0.3) is 0 Å². The van der Waals surface area contributed by atoms with Gasteiger partial charge in [0.25, 0.3) is 0 Å². The van der Waals surface area contributed by atoms with Crippen LogP contribution in [0.1, 0.15) is 31.2 Å². The Labute approximate surface area is 79.0 Å². The monoisotopic (exact) mass is 177 g/mol. The van der Waals surface area contributed by atoms with Crippen molar-refractivity contribution < 1.29 is 4.79 Å². The van der Waals surface area contributed by atoms with E-state index in [2.05, 4.69) is 4.98 Å². The zero-order valence-corrected chi connectivity index (χ0v) is 8.21. The van der Waals surface area contributed by atoms with E-state index < -0.39 is 0 Å². The lowest BCUT2D eigenvalue weighted by atomic mass is 10.1. The van der Waals surface area contributed by atoms with Crippen LogP contribution in [0.3, 0.4) is 0 Å². The zero-order valence-electron chi connectivity index (χ0n) is 8.21. The topological polar surface area (TPSA) is 30.0 Å². The summed E-state index contributed by atoms with van der Waals surface area (Å²) in [6, 6.07) is 5.99. The Balaban J connectivity index is 2.41. The van der Waals surface area contributed by atoms with Gasteiger partial charge in [-0.2, -0.15) is 0 Å². The summed E-state index contributed by atoms with van der Waals surface area (Å²) in [6.07, 6.45) is 2.47. The second-order valence-corrected chi connectivity index (χ2v) is 3.33. The van der Waals surface area contributed by atoms with E-state index >= 15 is 0 Å². The van der Waals surface area contributed by atoms with Gasteiger partial charge in [0, 0.05) is 17.8 Å². The van der Waals surface area contributed by atoms with Crippen molar-refractivity contribution in [3.63, 3.8) is 0 Å². The molecule has 0 aliphatic rings. The average Bonchev–Trinajstić information content (AvgIpc) is 2.03. The number of aryl methyl sites for hydroxylation is 2. The van der Waals surface area contributed by atoms with E-state index in [1.54, 1.807) is 6.92 Å². The molecule has 1 rings (SSSR count). The van der Waals surface area contributed by atoms with Crippen LogP contribution in [0.5, 0.6) is 0 Å². The molecule has 13 heavy (non-hydrogen) atoms. The molecule has 1 aromatic heterocycles. The van der Waals surface area contributed by atoms with E-state index in [9.17, 15) is 4.79 Å². The maximum absolute atomic E-state index is 10.7. The third-order valence-corrected chi connectivity index (χ3v) is 1.91. The van der Waals surface area contributed by atoms with Gasteiger partial charge in [0.1, 0.15) is 5.78 Å². The number of pyridine rings is 1. The second-order valence-electron chi connectivity index (χ2n) is 3.33. The van der Waals surface area contributed by atoms with Gasteiger partial charge in [-0.05, 0) is 38.8 Å². The van der Waals surface area contributed by atoms with Crippen molar-refractivity contribution in [2.45, 2.75) is 33.1 Å². The molecule has 2 heteroatoms. The van der Waals surface area contributed by atoms with Crippen molar-refractivity contribution in [2.75, 3.05) is 0 Å². The molecule has 0 saturated heterocycles. The molecule has 0 saturated carbocycles. The number of Topliss-reactive ketones (excluding diaryl/α,β-unsaturated/α-hetero) is 1. The predicted molar refractivity (Wildman–Crippen MR) is 52.6 cm³/mol. The van der Waals surface area contributed by atoms with Gasteiger partial charge in [0.05, 0.1) is 0 Å². The lowest BCUT2D eigenvalue weighted by molar-refractivity contribution is -0.117. The first-order chi connectivity index (χ1) is 6.18. The molecule has 0 bridgehead atoms. The number of carbonyl (C=O) groups is 1. The Morgan fingerprint density at radius 1 is 1.46 bits per heavy atom. The lowest BCUT2D eigenvalue weighted by Crippen LogP contribution is -1.95. The molecule has 0 aliphatic heterocycles. The van der Waals surface area contributed by atoms with E-state index in [0.717, 1.165) is 24.2 Å². The van der Waals surface area contributed by atoms with Crippen LogP contribution in [-0.2, 0) is 11.2 Å². The summed E-state index contributed by atoms with van der Waals surface area (Å²) in [5.74, 6) is 0.257. The highest BCUT2D eigenvalue weighted by Gasteiger charge is 1.97. The number of rotatable bonds is 4. The van der Waals surface area contributed by atoms with E-state index in [4.69, 9.17) is 0 Å². The van der Waals surface area contributed by atoms with Crippen LogP contribution in [-0.4, -0.2) is 10.8 Å². The number of ketones is 1.